The molecule has 2 aromatic carbocycles. The number of ether oxygens (including phenoxy) is 2. The third-order valence-electron chi connectivity index (χ3n) is 4.72. The van der Waals surface area contributed by atoms with E-state index < -0.39 is 22.9 Å². The minimum atomic E-state index is -3.39. The van der Waals surface area contributed by atoms with Crippen molar-refractivity contribution < 1.29 is 18.3 Å². The zero-order valence-corrected chi connectivity index (χ0v) is 17.6. The van der Waals surface area contributed by atoms with Crippen LogP contribution in [0.3, 0.4) is 0 Å². The van der Waals surface area contributed by atoms with Gasteiger partial charge in [-0.3, -0.25) is 9.36 Å². The van der Waals surface area contributed by atoms with Gasteiger partial charge in [-0.25, -0.2) is 4.98 Å². The summed E-state index contributed by atoms with van der Waals surface area (Å²) in [7, 11) is 1.55. The zero-order chi connectivity index (χ0) is 22.8. The van der Waals surface area contributed by atoms with Crippen LogP contribution in [0, 0.1) is 25.2 Å². The van der Waals surface area contributed by atoms with E-state index in [-0.39, 0.29) is 12.3 Å². The maximum absolute atomic E-state index is 14.2. The second-order valence-corrected chi connectivity index (χ2v) is 7.24. The summed E-state index contributed by atoms with van der Waals surface area (Å²) in [5.41, 5.74) is 0.791. The number of aromatic nitrogens is 2. The van der Waals surface area contributed by atoms with Crippen molar-refractivity contribution in [1.82, 2.24) is 9.55 Å². The van der Waals surface area contributed by atoms with E-state index in [0.717, 1.165) is 11.9 Å². The number of halogens is 2. The molecule has 0 aliphatic rings. The lowest BCUT2D eigenvalue weighted by Gasteiger charge is -2.18. The third-order valence-corrected chi connectivity index (χ3v) is 4.72. The Morgan fingerprint density at radius 1 is 1.13 bits per heavy atom. The smallest absolute Gasteiger partial charge is 0.297 e. The maximum Gasteiger partial charge on any atom is 0.297 e. The van der Waals surface area contributed by atoms with Crippen LogP contribution in [-0.4, -0.2) is 16.7 Å². The summed E-state index contributed by atoms with van der Waals surface area (Å²) in [6.45, 7) is 4.14. The van der Waals surface area contributed by atoms with Gasteiger partial charge in [0.05, 0.1) is 31.6 Å². The molecule has 0 spiro atoms. The topological polar surface area (TPSA) is 77.1 Å². The zero-order valence-electron chi connectivity index (χ0n) is 17.6. The third kappa shape index (κ3) is 4.72. The summed E-state index contributed by atoms with van der Waals surface area (Å²) in [4.78, 5) is 16.9. The van der Waals surface area contributed by atoms with Gasteiger partial charge in [0, 0.05) is 6.92 Å². The van der Waals surface area contributed by atoms with Crippen molar-refractivity contribution in [3.8, 4) is 23.3 Å². The van der Waals surface area contributed by atoms with Crippen LogP contribution < -0.4 is 15.0 Å². The Bertz CT molecular complexity index is 1180. The number of methoxy groups -OCH3 is 1. The van der Waals surface area contributed by atoms with Crippen molar-refractivity contribution >= 4 is 0 Å². The lowest BCUT2D eigenvalue weighted by molar-refractivity contribution is 0.0101. The SMILES string of the molecule is COc1ccc(Cn2cnc(C(C)(F)F)c(Oc3c(C)cc(C#N)cc3C)c2=O)cc1. The molecule has 31 heavy (non-hydrogen) atoms. The van der Waals surface area contributed by atoms with Crippen LogP contribution in [0.25, 0.3) is 0 Å². The monoisotopic (exact) mass is 425 g/mol. The van der Waals surface area contributed by atoms with Gasteiger partial charge in [-0.1, -0.05) is 12.1 Å². The minimum Gasteiger partial charge on any atom is -0.497 e. The molecular weight excluding hydrogens is 404 g/mol. The predicted molar refractivity (Wildman–Crippen MR) is 111 cm³/mol. The molecule has 0 radical (unpaired) electrons. The highest BCUT2D eigenvalue weighted by Gasteiger charge is 2.33. The van der Waals surface area contributed by atoms with Gasteiger partial charge in [0.2, 0.25) is 5.75 Å². The first kappa shape index (κ1) is 22.0. The van der Waals surface area contributed by atoms with E-state index in [1.165, 1.54) is 4.57 Å². The summed E-state index contributed by atoms with van der Waals surface area (Å²) in [5, 5.41) is 9.11. The molecule has 0 atom stereocenters. The average Bonchev–Trinajstić information content (AvgIpc) is 2.72. The predicted octanol–water partition coefficient (Wildman–Crippen LogP) is 4.69. The van der Waals surface area contributed by atoms with Crippen molar-refractivity contribution in [3.05, 3.63) is 81.0 Å². The summed E-state index contributed by atoms with van der Waals surface area (Å²) < 4.78 is 40.5. The van der Waals surface area contributed by atoms with Gasteiger partial charge >= 0.3 is 0 Å². The Kier molecular flexibility index (Phi) is 6.07. The fourth-order valence-electron chi connectivity index (χ4n) is 3.19. The number of hydrogen-bond acceptors (Lipinski definition) is 5. The van der Waals surface area contributed by atoms with Crippen LogP contribution in [0.15, 0.2) is 47.5 Å². The molecule has 0 bridgehead atoms. The highest BCUT2D eigenvalue weighted by atomic mass is 19.3. The largest absolute Gasteiger partial charge is 0.497 e. The molecule has 0 amide bonds. The van der Waals surface area contributed by atoms with Crippen LogP contribution in [-0.2, 0) is 12.5 Å². The highest BCUT2D eigenvalue weighted by molar-refractivity contribution is 5.49. The Balaban J connectivity index is 2.08. The summed E-state index contributed by atoms with van der Waals surface area (Å²) >= 11 is 0. The molecule has 0 unspecified atom stereocenters. The van der Waals surface area contributed by atoms with Crippen LogP contribution >= 0.6 is 0 Å². The van der Waals surface area contributed by atoms with Crippen LogP contribution in [0.5, 0.6) is 17.2 Å². The molecule has 0 fully saturated rings. The average molecular weight is 425 g/mol. The molecule has 0 aliphatic carbocycles. The summed E-state index contributed by atoms with van der Waals surface area (Å²) in [6.07, 6.45) is 1.09. The van der Waals surface area contributed by atoms with Crippen molar-refractivity contribution in [3.63, 3.8) is 0 Å². The van der Waals surface area contributed by atoms with Gasteiger partial charge in [0.25, 0.3) is 11.5 Å². The standard InChI is InChI=1S/C23H21F2N3O3/c1-14-9-17(11-26)10-15(2)19(14)31-20-21(23(3,24)25)27-13-28(22(20)29)12-16-5-7-18(30-4)8-6-16/h5-10,13H,12H2,1-4H3. The number of alkyl halides is 2. The van der Waals surface area contributed by atoms with Crippen LogP contribution in [0.2, 0.25) is 0 Å². The number of hydrogen-bond donors (Lipinski definition) is 0. The van der Waals surface area contributed by atoms with E-state index >= 15 is 0 Å². The molecule has 1 aromatic heterocycles. The molecule has 6 nitrogen and oxygen atoms in total. The summed E-state index contributed by atoms with van der Waals surface area (Å²) in [6, 6.07) is 12.2. The van der Waals surface area contributed by atoms with Gasteiger partial charge in [0.15, 0.2) is 5.69 Å². The number of benzene rings is 2. The Morgan fingerprint density at radius 2 is 1.74 bits per heavy atom. The van der Waals surface area contributed by atoms with E-state index in [2.05, 4.69) is 4.98 Å². The van der Waals surface area contributed by atoms with E-state index in [4.69, 9.17) is 14.7 Å². The Hall–Kier alpha value is -3.73. The normalized spacial score (nSPS) is 11.1. The van der Waals surface area contributed by atoms with Crippen molar-refractivity contribution in [2.75, 3.05) is 7.11 Å². The second kappa shape index (κ2) is 8.56. The van der Waals surface area contributed by atoms with Gasteiger partial charge < -0.3 is 9.47 Å². The number of nitrogens with zero attached hydrogens (tertiary/aromatic N) is 3. The molecule has 0 saturated heterocycles. The maximum atomic E-state index is 14.2. The van der Waals surface area contributed by atoms with E-state index in [1.54, 1.807) is 57.4 Å². The second-order valence-electron chi connectivity index (χ2n) is 7.24. The summed E-state index contributed by atoms with van der Waals surface area (Å²) in [5.74, 6) is -3.03. The molecular formula is C23H21F2N3O3. The Morgan fingerprint density at radius 3 is 2.26 bits per heavy atom. The van der Waals surface area contributed by atoms with E-state index in [9.17, 15) is 13.6 Å². The molecule has 0 N–H and O–H groups in total. The van der Waals surface area contributed by atoms with Crippen molar-refractivity contribution in [2.24, 2.45) is 0 Å². The highest BCUT2D eigenvalue weighted by Crippen LogP contribution is 2.35. The quantitative estimate of drug-likeness (QED) is 0.573. The molecule has 0 saturated carbocycles. The lowest BCUT2D eigenvalue weighted by atomic mass is 10.1. The first-order valence-electron chi connectivity index (χ1n) is 9.44. The lowest BCUT2D eigenvalue weighted by Crippen LogP contribution is -2.27. The van der Waals surface area contributed by atoms with Gasteiger partial charge in [0.1, 0.15) is 11.5 Å². The molecule has 3 aromatic rings. The van der Waals surface area contributed by atoms with Crippen molar-refractivity contribution in [1.29, 1.82) is 5.26 Å². The van der Waals surface area contributed by atoms with Gasteiger partial charge in [-0.15, -0.1) is 0 Å². The van der Waals surface area contributed by atoms with Gasteiger partial charge in [-0.05, 0) is 54.8 Å². The molecule has 0 aliphatic heterocycles. The van der Waals surface area contributed by atoms with E-state index in [0.29, 0.717) is 29.4 Å². The molecule has 8 heteroatoms. The number of rotatable bonds is 6. The fraction of sp³-hybridized carbons (Fsp3) is 0.261. The Labute approximate surface area is 178 Å². The van der Waals surface area contributed by atoms with E-state index in [1.807, 2.05) is 6.07 Å². The minimum absolute atomic E-state index is 0.118. The molecule has 160 valence electrons. The fourth-order valence-corrected chi connectivity index (χ4v) is 3.19. The van der Waals surface area contributed by atoms with Crippen LogP contribution in [0.4, 0.5) is 8.78 Å². The van der Waals surface area contributed by atoms with Crippen LogP contribution in [0.1, 0.15) is 34.9 Å². The van der Waals surface area contributed by atoms with Crippen molar-refractivity contribution in [2.45, 2.75) is 33.2 Å². The molecule has 1 heterocycles. The molecule has 3 rings (SSSR count). The van der Waals surface area contributed by atoms with Gasteiger partial charge in [-0.2, -0.15) is 14.0 Å². The first-order chi connectivity index (χ1) is 14.6. The number of nitriles is 1. The first-order valence-corrected chi connectivity index (χ1v) is 9.44. The number of aryl methyl sites for hydroxylation is 2.